The number of rotatable bonds is 6. The Balaban J connectivity index is 2.13. The van der Waals surface area contributed by atoms with Crippen LogP contribution in [-0.4, -0.2) is 27.8 Å². The molecule has 0 aromatic carbocycles. The van der Waals surface area contributed by atoms with Crippen molar-refractivity contribution in [2.45, 2.75) is 64.4 Å². The van der Waals surface area contributed by atoms with Crippen LogP contribution in [-0.2, 0) is 29.4 Å². The molecule has 0 bridgehead atoms. The van der Waals surface area contributed by atoms with Gasteiger partial charge in [0.15, 0.2) is 5.78 Å². The highest BCUT2D eigenvalue weighted by Crippen LogP contribution is 2.33. The van der Waals surface area contributed by atoms with E-state index in [1.54, 1.807) is 0 Å². The van der Waals surface area contributed by atoms with E-state index in [1.165, 1.54) is 6.42 Å². The first-order chi connectivity index (χ1) is 9.61. The van der Waals surface area contributed by atoms with Crippen molar-refractivity contribution in [2.75, 3.05) is 6.61 Å². The number of Topliss-reactive ketones (excluding diaryl/α,β-unsaturated/α-hetero) is 1. The molecule has 1 fully saturated rings. The van der Waals surface area contributed by atoms with Crippen LogP contribution < -0.4 is 0 Å². The van der Waals surface area contributed by atoms with E-state index in [9.17, 15) is 4.79 Å². The summed E-state index contributed by atoms with van der Waals surface area (Å²) in [5.74, 6) is 0.227. The highest BCUT2D eigenvalue weighted by molar-refractivity contribution is 5.89. The van der Waals surface area contributed by atoms with Gasteiger partial charge in [-0.15, -0.1) is 0 Å². The van der Waals surface area contributed by atoms with Gasteiger partial charge >= 0.3 is 0 Å². The smallest absolute Gasteiger partial charge is 0.170 e. The first-order valence-corrected chi connectivity index (χ1v) is 7.80. The number of hydrogen-bond acceptors (Lipinski definition) is 3. The van der Waals surface area contributed by atoms with Gasteiger partial charge in [-0.1, -0.05) is 26.2 Å². The molecule has 0 N–H and O–H groups in total. The molecule has 0 aliphatic heterocycles. The third kappa shape index (κ3) is 3.11. The summed E-state index contributed by atoms with van der Waals surface area (Å²) in [7, 11) is 1.91. The molecule has 1 saturated carbocycles. The largest absolute Gasteiger partial charge is 0.367 e. The van der Waals surface area contributed by atoms with Crippen molar-refractivity contribution in [3.05, 3.63) is 17.5 Å². The number of nitrogens with zero attached hydrogens (tertiary/aromatic N) is 2. The lowest BCUT2D eigenvalue weighted by Gasteiger charge is -2.35. The molecule has 1 aromatic rings. The molecule has 2 rings (SSSR count). The third-order valence-corrected chi connectivity index (χ3v) is 4.32. The van der Waals surface area contributed by atoms with E-state index in [0.717, 1.165) is 43.5 Å². The van der Waals surface area contributed by atoms with Crippen LogP contribution in [0.15, 0.2) is 6.07 Å². The Hall–Kier alpha value is -1.16. The zero-order valence-electron chi connectivity index (χ0n) is 12.9. The summed E-state index contributed by atoms with van der Waals surface area (Å²) in [6.45, 7) is 4.66. The number of ether oxygens (including phenoxy) is 1. The molecule has 4 nitrogen and oxygen atoms in total. The summed E-state index contributed by atoms with van der Waals surface area (Å²) < 4.78 is 7.73. The Bertz CT molecular complexity index is 454. The van der Waals surface area contributed by atoms with Crippen LogP contribution in [0.4, 0.5) is 0 Å². The normalized spacial score (nSPS) is 18.1. The van der Waals surface area contributed by atoms with E-state index in [2.05, 4.69) is 12.0 Å². The minimum Gasteiger partial charge on any atom is -0.367 e. The second-order valence-corrected chi connectivity index (χ2v) is 5.69. The predicted octanol–water partition coefficient (Wildman–Crippen LogP) is 2.83. The quantitative estimate of drug-likeness (QED) is 0.803. The van der Waals surface area contributed by atoms with E-state index in [-0.39, 0.29) is 5.78 Å². The summed E-state index contributed by atoms with van der Waals surface area (Å²) in [4.78, 5) is 12.8. The molecule has 0 unspecified atom stereocenters. The Morgan fingerprint density at radius 3 is 2.60 bits per heavy atom. The number of hydrogen-bond donors (Lipinski definition) is 0. The first kappa shape index (κ1) is 15.2. The molecule has 4 heteroatoms. The minimum atomic E-state index is -0.538. The molecule has 0 radical (unpaired) electrons. The number of carbonyl (C=O) groups excluding carboxylic acids is 1. The summed E-state index contributed by atoms with van der Waals surface area (Å²) >= 11 is 0. The minimum absolute atomic E-state index is 0.227. The van der Waals surface area contributed by atoms with Crippen molar-refractivity contribution in [1.82, 2.24) is 9.78 Å². The molecule has 1 aliphatic rings. The lowest BCUT2D eigenvalue weighted by atomic mass is 9.80. The zero-order valence-corrected chi connectivity index (χ0v) is 12.9. The number of aryl methyl sites for hydroxylation is 2. The molecular weight excluding hydrogens is 252 g/mol. The van der Waals surface area contributed by atoms with Crippen LogP contribution in [0, 0.1) is 0 Å². The van der Waals surface area contributed by atoms with Crippen LogP contribution >= 0.6 is 0 Å². The topological polar surface area (TPSA) is 44.1 Å². The van der Waals surface area contributed by atoms with Crippen molar-refractivity contribution in [1.29, 1.82) is 0 Å². The Morgan fingerprint density at radius 2 is 2.05 bits per heavy atom. The van der Waals surface area contributed by atoms with Gasteiger partial charge in [0.1, 0.15) is 5.60 Å². The van der Waals surface area contributed by atoms with Gasteiger partial charge in [0.25, 0.3) is 0 Å². The maximum absolute atomic E-state index is 12.8. The summed E-state index contributed by atoms with van der Waals surface area (Å²) in [6, 6.07) is 2.04. The van der Waals surface area contributed by atoms with Crippen molar-refractivity contribution in [2.24, 2.45) is 7.05 Å². The highest BCUT2D eigenvalue weighted by Gasteiger charge is 2.39. The van der Waals surface area contributed by atoms with E-state index >= 15 is 0 Å². The van der Waals surface area contributed by atoms with Crippen LogP contribution in [0.5, 0.6) is 0 Å². The molecule has 0 atom stereocenters. The summed E-state index contributed by atoms with van der Waals surface area (Å²) in [5.41, 5.74) is 1.50. The Kier molecular flexibility index (Phi) is 4.97. The van der Waals surface area contributed by atoms with E-state index in [4.69, 9.17) is 4.74 Å². The molecular formula is C16H26N2O2. The summed E-state index contributed by atoms with van der Waals surface area (Å²) in [6.07, 6.45) is 6.49. The van der Waals surface area contributed by atoms with Crippen molar-refractivity contribution in [3.63, 3.8) is 0 Å². The number of carbonyl (C=O) groups is 1. The van der Waals surface area contributed by atoms with Gasteiger partial charge in [0.05, 0.1) is 12.1 Å². The van der Waals surface area contributed by atoms with Crippen LogP contribution in [0.25, 0.3) is 0 Å². The third-order valence-electron chi connectivity index (χ3n) is 4.32. The second kappa shape index (κ2) is 6.53. The van der Waals surface area contributed by atoms with E-state index < -0.39 is 5.60 Å². The first-order valence-electron chi connectivity index (χ1n) is 7.80. The average molecular weight is 278 g/mol. The highest BCUT2D eigenvalue weighted by atomic mass is 16.5. The molecule has 1 aromatic heterocycles. The van der Waals surface area contributed by atoms with Crippen LogP contribution in [0.3, 0.4) is 0 Å². The van der Waals surface area contributed by atoms with Gasteiger partial charge in [-0.05, 0) is 32.3 Å². The lowest BCUT2D eigenvalue weighted by Crippen LogP contribution is -2.44. The molecule has 0 amide bonds. The van der Waals surface area contributed by atoms with Gasteiger partial charge < -0.3 is 4.74 Å². The number of ketones is 1. The maximum Gasteiger partial charge on any atom is 0.170 e. The molecule has 1 aliphatic carbocycles. The predicted molar refractivity (Wildman–Crippen MR) is 78.7 cm³/mol. The fourth-order valence-corrected chi connectivity index (χ4v) is 3.14. The van der Waals surface area contributed by atoms with Crippen molar-refractivity contribution < 1.29 is 9.53 Å². The monoisotopic (exact) mass is 278 g/mol. The van der Waals surface area contributed by atoms with Crippen LogP contribution in [0.2, 0.25) is 0 Å². The Labute approximate surface area is 121 Å². The van der Waals surface area contributed by atoms with Crippen molar-refractivity contribution in [3.8, 4) is 0 Å². The van der Waals surface area contributed by atoms with Crippen molar-refractivity contribution >= 4 is 5.78 Å². The molecule has 20 heavy (non-hydrogen) atoms. The van der Waals surface area contributed by atoms with Gasteiger partial charge in [-0.2, -0.15) is 5.10 Å². The SMILES string of the molecule is CCOC1(C(=O)Cc2cc(CC)nn2C)CCCCC1. The molecule has 0 saturated heterocycles. The average Bonchev–Trinajstić information content (AvgIpc) is 2.81. The molecule has 1 heterocycles. The van der Waals surface area contributed by atoms with Gasteiger partial charge in [0, 0.05) is 19.3 Å². The fourth-order valence-electron chi connectivity index (χ4n) is 3.14. The van der Waals surface area contributed by atoms with Gasteiger partial charge in [-0.25, -0.2) is 0 Å². The zero-order chi connectivity index (χ0) is 14.6. The molecule has 112 valence electrons. The van der Waals surface area contributed by atoms with Gasteiger partial charge in [0.2, 0.25) is 0 Å². The lowest BCUT2D eigenvalue weighted by molar-refractivity contribution is -0.148. The Morgan fingerprint density at radius 1 is 1.35 bits per heavy atom. The van der Waals surface area contributed by atoms with E-state index in [0.29, 0.717) is 13.0 Å². The number of aromatic nitrogens is 2. The fraction of sp³-hybridized carbons (Fsp3) is 0.750. The molecule has 0 spiro atoms. The van der Waals surface area contributed by atoms with E-state index in [1.807, 2.05) is 24.7 Å². The second-order valence-electron chi connectivity index (χ2n) is 5.69. The standard InChI is InChI=1S/C16H26N2O2/c1-4-13-11-14(18(3)17-13)12-15(19)16(20-5-2)9-7-6-8-10-16/h11H,4-10,12H2,1-3H3. The summed E-state index contributed by atoms with van der Waals surface area (Å²) in [5, 5.41) is 4.42. The van der Waals surface area contributed by atoms with Crippen LogP contribution in [0.1, 0.15) is 57.3 Å². The maximum atomic E-state index is 12.8. The van der Waals surface area contributed by atoms with Gasteiger partial charge in [-0.3, -0.25) is 9.48 Å².